The lowest BCUT2D eigenvalue weighted by Crippen LogP contribution is -2.37. The molecule has 0 aliphatic carbocycles. The first-order valence-electron chi connectivity index (χ1n) is 6.73. The molecule has 0 unspecified atom stereocenters. The fourth-order valence-electron chi connectivity index (χ4n) is 2.10. The topological polar surface area (TPSA) is 123 Å². The minimum Gasteiger partial charge on any atom is -0.378 e. The van der Waals surface area contributed by atoms with Crippen LogP contribution in [-0.4, -0.2) is 48.7 Å². The number of hydrogen-bond donors (Lipinski definition) is 1. The number of aliphatic hydroxyl groups excluding tert-OH is 1. The summed E-state index contributed by atoms with van der Waals surface area (Å²) in [5.41, 5.74) is 8.41. The number of nitrogens with zero attached hydrogens (tertiary/aromatic N) is 3. The predicted octanol–water partition coefficient (Wildman–Crippen LogP) is 2.40. The molecule has 0 radical (unpaired) electrons. The van der Waals surface area contributed by atoms with Gasteiger partial charge in [-0.1, -0.05) is 5.11 Å². The Labute approximate surface area is 123 Å². The molecule has 0 aromatic rings. The van der Waals surface area contributed by atoms with Gasteiger partial charge in [-0.25, -0.2) is 0 Å². The molecule has 1 rings (SSSR count). The van der Waals surface area contributed by atoms with Gasteiger partial charge in [0.25, 0.3) is 0 Å². The fraction of sp³-hybridized carbons (Fsp3) is 1.00. The van der Waals surface area contributed by atoms with E-state index in [2.05, 4.69) is 10.0 Å². The molecule has 9 nitrogen and oxygen atoms in total. The van der Waals surface area contributed by atoms with Crippen molar-refractivity contribution in [1.82, 2.24) is 0 Å². The van der Waals surface area contributed by atoms with Gasteiger partial charge in [-0.2, -0.15) is 0 Å². The van der Waals surface area contributed by atoms with Crippen molar-refractivity contribution in [2.75, 3.05) is 19.8 Å². The smallest absolute Gasteiger partial charge is 0.361 e. The molecule has 0 bridgehead atoms. The van der Waals surface area contributed by atoms with Crippen LogP contribution in [0, 0.1) is 0 Å². The predicted molar refractivity (Wildman–Crippen MR) is 74.7 cm³/mol. The van der Waals surface area contributed by atoms with E-state index >= 15 is 0 Å². The third kappa shape index (κ3) is 4.66. The summed E-state index contributed by atoms with van der Waals surface area (Å²) >= 11 is 0. The van der Waals surface area contributed by atoms with Crippen molar-refractivity contribution < 1.29 is 28.2 Å². The number of azide groups is 1. The van der Waals surface area contributed by atoms with Crippen molar-refractivity contribution in [3.63, 3.8) is 0 Å². The zero-order valence-corrected chi connectivity index (χ0v) is 13.5. The second-order valence-corrected chi connectivity index (χ2v) is 6.97. The van der Waals surface area contributed by atoms with E-state index in [-0.39, 0.29) is 19.8 Å². The first-order chi connectivity index (χ1) is 9.79. The minimum absolute atomic E-state index is 0.0556. The Bertz CT molecular complexity index is 430. The Balaban J connectivity index is 2.97. The first-order valence-corrected chi connectivity index (χ1v) is 8.34. The van der Waals surface area contributed by atoms with Crippen LogP contribution >= 0.6 is 7.60 Å². The molecule has 0 saturated carbocycles. The molecule has 1 aliphatic heterocycles. The SMILES string of the molecule is CCOP(=O)(OCC)[C@H](O)[C@@H]1OC(C)(C)O[C@H]1CN=[N+]=[N-]. The van der Waals surface area contributed by atoms with Crippen LogP contribution < -0.4 is 0 Å². The maximum absolute atomic E-state index is 12.6. The Kier molecular flexibility index (Phi) is 6.62. The monoisotopic (exact) mass is 323 g/mol. The molecule has 1 heterocycles. The quantitative estimate of drug-likeness (QED) is 0.316. The average Bonchev–Trinajstić information content (AvgIpc) is 2.71. The van der Waals surface area contributed by atoms with Gasteiger partial charge in [0.1, 0.15) is 6.10 Å². The van der Waals surface area contributed by atoms with Crippen molar-refractivity contribution in [3.05, 3.63) is 10.4 Å². The number of hydrogen-bond acceptors (Lipinski definition) is 7. The largest absolute Gasteiger partial charge is 0.378 e. The van der Waals surface area contributed by atoms with Gasteiger partial charge >= 0.3 is 7.60 Å². The second kappa shape index (κ2) is 7.56. The van der Waals surface area contributed by atoms with E-state index in [1.807, 2.05) is 0 Å². The lowest BCUT2D eigenvalue weighted by molar-refractivity contribution is -0.151. The molecule has 10 heteroatoms. The molecule has 0 amide bonds. The van der Waals surface area contributed by atoms with Crippen molar-refractivity contribution in [1.29, 1.82) is 0 Å². The highest BCUT2D eigenvalue weighted by Crippen LogP contribution is 2.55. The van der Waals surface area contributed by atoms with E-state index in [4.69, 9.17) is 24.1 Å². The number of aliphatic hydroxyl groups is 1. The van der Waals surface area contributed by atoms with Gasteiger partial charge in [0, 0.05) is 4.91 Å². The van der Waals surface area contributed by atoms with Gasteiger partial charge in [0.2, 0.25) is 0 Å². The average molecular weight is 323 g/mol. The summed E-state index contributed by atoms with van der Waals surface area (Å²) in [5.74, 6) is -2.53. The van der Waals surface area contributed by atoms with Crippen LogP contribution in [0.25, 0.3) is 10.4 Å². The Hall–Kier alpha value is -0.660. The zero-order chi connectivity index (χ0) is 16.1. The zero-order valence-electron chi connectivity index (χ0n) is 12.6. The highest BCUT2D eigenvalue weighted by atomic mass is 31.2. The number of ether oxygens (including phenoxy) is 2. The third-order valence-corrected chi connectivity index (χ3v) is 4.96. The molecule has 122 valence electrons. The summed E-state index contributed by atoms with van der Waals surface area (Å²) in [6.45, 7) is 6.76. The highest BCUT2D eigenvalue weighted by Gasteiger charge is 2.51. The molecule has 0 aromatic heterocycles. The van der Waals surface area contributed by atoms with E-state index in [1.165, 1.54) is 0 Å². The summed E-state index contributed by atoms with van der Waals surface area (Å²) in [6.07, 6.45) is -1.71. The van der Waals surface area contributed by atoms with Crippen LogP contribution in [0.4, 0.5) is 0 Å². The lowest BCUT2D eigenvalue weighted by atomic mass is 10.2. The molecule has 3 atom stereocenters. The van der Waals surface area contributed by atoms with E-state index in [0.717, 1.165) is 0 Å². The maximum Gasteiger partial charge on any atom is 0.361 e. The minimum atomic E-state index is -3.77. The van der Waals surface area contributed by atoms with E-state index in [0.29, 0.717) is 0 Å². The summed E-state index contributed by atoms with van der Waals surface area (Å²) in [7, 11) is -3.77. The first kappa shape index (κ1) is 18.4. The van der Waals surface area contributed by atoms with Gasteiger partial charge < -0.3 is 23.6 Å². The van der Waals surface area contributed by atoms with Gasteiger partial charge in [0.15, 0.2) is 11.6 Å². The second-order valence-electron chi connectivity index (χ2n) is 4.84. The summed E-state index contributed by atoms with van der Waals surface area (Å²) in [6, 6.07) is 0. The van der Waals surface area contributed by atoms with Gasteiger partial charge in [-0.05, 0) is 33.2 Å². The summed E-state index contributed by atoms with van der Waals surface area (Å²) < 4.78 is 33.9. The molecule has 0 aromatic carbocycles. The van der Waals surface area contributed by atoms with Crippen LogP contribution in [0.1, 0.15) is 27.7 Å². The van der Waals surface area contributed by atoms with Crippen LogP contribution in [0.5, 0.6) is 0 Å². The highest BCUT2D eigenvalue weighted by molar-refractivity contribution is 7.54. The standard InChI is InChI=1S/C11H22N3O6P/c1-5-17-21(16,18-6-2)10(15)9-8(7-13-14-12)19-11(3,4)20-9/h8-10,15H,5-7H2,1-4H3/t8-,9+,10-/m0/s1. The van der Waals surface area contributed by atoms with E-state index < -0.39 is 31.4 Å². The van der Waals surface area contributed by atoms with Crippen LogP contribution in [0.3, 0.4) is 0 Å². The lowest BCUT2D eigenvalue weighted by Gasteiger charge is -2.27. The van der Waals surface area contributed by atoms with Crippen molar-refractivity contribution in [2.45, 2.75) is 51.5 Å². The van der Waals surface area contributed by atoms with E-state index in [1.54, 1.807) is 27.7 Å². The molecule has 1 N–H and O–H groups in total. The molecule has 0 spiro atoms. The van der Waals surface area contributed by atoms with Crippen LogP contribution in [-0.2, 0) is 23.1 Å². The molecule has 1 fully saturated rings. The van der Waals surface area contributed by atoms with E-state index in [9.17, 15) is 9.67 Å². The molecule has 1 saturated heterocycles. The van der Waals surface area contributed by atoms with Gasteiger partial charge in [-0.3, -0.25) is 4.57 Å². The fourth-order valence-corrected chi connectivity index (χ4v) is 3.82. The van der Waals surface area contributed by atoms with Gasteiger partial charge in [0.05, 0.1) is 25.9 Å². The van der Waals surface area contributed by atoms with Crippen molar-refractivity contribution in [2.24, 2.45) is 5.11 Å². The summed E-state index contributed by atoms with van der Waals surface area (Å²) in [5, 5.41) is 13.8. The Morgan fingerprint density at radius 2 is 1.95 bits per heavy atom. The summed E-state index contributed by atoms with van der Waals surface area (Å²) in [4.78, 5) is 2.65. The molecular weight excluding hydrogens is 301 g/mol. The molecular formula is C11H22N3O6P. The van der Waals surface area contributed by atoms with Crippen molar-refractivity contribution >= 4 is 7.60 Å². The number of rotatable bonds is 8. The normalized spacial score (nSPS) is 26.3. The Morgan fingerprint density at radius 1 is 1.38 bits per heavy atom. The Morgan fingerprint density at radius 3 is 2.43 bits per heavy atom. The maximum atomic E-state index is 12.6. The van der Waals surface area contributed by atoms with Crippen LogP contribution in [0.15, 0.2) is 5.11 Å². The molecule has 1 aliphatic rings. The van der Waals surface area contributed by atoms with Gasteiger partial charge in [-0.15, -0.1) is 0 Å². The molecule has 21 heavy (non-hydrogen) atoms. The van der Waals surface area contributed by atoms with Crippen LogP contribution in [0.2, 0.25) is 0 Å². The third-order valence-electron chi connectivity index (χ3n) is 2.78. The van der Waals surface area contributed by atoms with Crippen molar-refractivity contribution in [3.8, 4) is 0 Å².